The summed E-state index contributed by atoms with van der Waals surface area (Å²) in [5, 5.41) is 9.63. The maximum absolute atomic E-state index is 11.7. The number of carbonyl (C=O) groups excluding carboxylic acids is 1. The van der Waals surface area contributed by atoms with Crippen molar-refractivity contribution in [3.63, 3.8) is 0 Å². The number of aromatic nitrogens is 1. The van der Waals surface area contributed by atoms with Crippen LogP contribution in [-0.4, -0.2) is 47.9 Å². The molecule has 7 heteroatoms. The fourth-order valence-electron chi connectivity index (χ4n) is 3.73. The molecule has 1 unspecified atom stereocenters. The van der Waals surface area contributed by atoms with Gasteiger partial charge in [0.25, 0.3) is 0 Å². The number of guanidine groups is 1. The molecule has 2 fully saturated rings. The fourth-order valence-corrected chi connectivity index (χ4v) is 4.67. The van der Waals surface area contributed by atoms with Gasteiger partial charge in [0.2, 0.25) is 5.91 Å². The minimum absolute atomic E-state index is 0.0736. The lowest BCUT2D eigenvalue weighted by molar-refractivity contribution is -0.119. The van der Waals surface area contributed by atoms with E-state index in [0.29, 0.717) is 13.0 Å². The van der Waals surface area contributed by atoms with Crippen molar-refractivity contribution >= 4 is 23.2 Å². The molecule has 3 rings (SSSR count). The Labute approximate surface area is 160 Å². The Kier molecular flexibility index (Phi) is 5.55. The molecule has 6 nitrogen and oxygen atoms in total. The van der Waals surface area contributed by atoms with Gasteiger partial charge in [-0.15, -0.1) is 11.3 Å². The van der Waals surface area contributed by atoms with E-state index < -0.39 is 0 Å². The van der Waals surface area contributed by atoms with Gasteiger partial charge in [-0.1, -0.05) is 20.8 Å². The molecule has 1 spiro atoms. The summed E-state index contributed by atoms with van der Waals surface area (Å²) in [6.45, 7) is 12.8. The van der Waals surface area contributed by atoms with Gasteiger partial charge in [0.15, 0.2) is 5.96 Å². The van der Waals surface area contributed by atoms with Crippen LogP contribution in [0.5, 0.6) is 0 Å². The number of rotatable bonds is 3. The van der Waals surface area contributed by atoms with Crippen LogP contribution in [0.1, 0.15) is 57.7 Å². The highest BCUT2D eigenvalue weighted by Crippen LogP contribution is 2.36. The van der Waals surface area contributed by atoms with Crippen LogP contribution >= 0.6 is 11.3 Å². The van der Waals surface area contributed by atoms with Crippen molar-refractivity contribution < 1.29 is 4.79 Å². The smallest absolute Gasteiger partial charge is 0.220 e. The maximum atomic E-state index is 11.7. The van der Waals surface area contributed by atoms with Crippen molar-refractivity contribution in [2.24, 2.45) is 10.4 Å². The lowest BCUT2D eigenvalue weighted by Crippen LogP contribution is -2.51. The van der Waals surface area contributed by atoms with Crippen molar-refractivity contribution in [2.75, 3.05) is 26.2 Å². The van der Waals surface area contributed by atoms with Crippen LogP contribution in [0, 0.1) is 5.41 Å². The lowest BCUT2D eigenvalue weighted by Gasteiger charge is -2.40. The van der Waals surface area contributed by atoms with Gasteiger partial charge >= 0.3 is 0 Å². The summed E-state index contributed by atoms with van der Waals surface area (Å²) < 4.78 is 0. The summed E-state index contributed by atoms with van der Waals surface area (Å²) in [6, 6.07) is 0. The zero-order valence-electron chi connectivity index (χ0n) is 16.4. The van der Waals surface area contributed by atoms with Gasteiger partial charge in [-0.2, -0.15) is 0 Å². The van der Waals surface area contributed by atoms with Crippen LogP contribution in [0.25, 0.3) is 0 Å². The molecule has 1 amide bonds. The lowest BCUT2D eigenvalue weighted by atomic mass is 9.79. The molecule has 144 valence electrons. The van der Waals surface area contributed by atoms with Gasteiger partial charge in [-0.3, -0.25) is 4.79 Å². The summed E-state index contributed by atoms with van der Waals surface area (Å²) in [6.07, 6.45) is 2.86. The van der Waals surface area contributed by atoms with Crippen LogP contribution in [0.4, 0.5) is 0 Å². The number of nitrogens with zero attached hydrogens (tertiary/aromatic N) is 3. The Hall–Kier alpha value is -1.63. The van der Waals surface area contributed by atoms with Crippen molar-refractivity contribution in [1.29, 1.82) is 0 Å². The van der Waals surface area contributed by atoms with E-state index in [2.05, 4.69) is 48.6 Å². The minimum Gasteiger partial charge on any atom is -0.357 e. The first-order valence-electron chi connectivity index (χ1n) is 9.56. The number of hydrogen-bond donors (Lipinski definition) is 2. The number of nitrogens with one attached hydrogen (secondary N) is 2. The van der Waals surface area contributed by atoms with Crippen LogP contribution in [0.15, 0.2) is 10.4 Å². The Morgan fingerprint density at radius 1 is 1.50 bits per heavy atom. The predicted octanol–water partition coefficient (Wildman–Crippen LogP) is 2.51. The number of amides is 1. The molecule has 2 aliphatic rings. The van der Waals surface area contributed by atoms with Gasteiger partial charge in [0.1, 0.15) is 5.01 Å². The Morgan fingerprint density at radius 2 is 2.31 bits per heavy atom. The summed E-state index contributed by atoms with van der Waals surface area (Å²) >= 11 is 1.68. The molecule has 2 saturated heterocycles. The summed E-state index contributed by atoms with van der Waals surface area (Å²) in [5.41, 5.74) is 1.28. The SMILES string of the molecule is CCNC(=NCc1nc(C(C)(C)C)cs1)N1CCCC2(CNC(=O)C2)C1. The maximum Gasteiger partial charge on any atom is 0.220 e. The number of piperidine rings is 1. The topological polar surface area (TPSA) is 69.6 Å². The second-order valence-corrected chi connectivity index (χ2v) is 9.47. The van der Waals surface area contributed by atoms with Crippen molar-refractivity contribution in [2.45, 2.75) is 58.9 Å². The zero-order valence-corrected chi connectivity index (χ0v) is 17.2. The molecule has 0 saturated carbocycles. The van der Waals surface area contributed by atoms with E-state index in [-0.39, 0.29) is 16.7 Å². The van der Waals surface area contributed by atoms with E-state index in [1.165, 1.54) is 0 Å². The number of hydrogen-bond acceptors (Lipinski definition) is 4. The summed E-state index contributed by atoms with van der Waals surface area (Å²) in [7, 11) is 0. The first-order chi connectivity index (χ1) is 12.3. The molecule has 26 heavy (non-hydrogen) atoms. The molecular formula is C19H31N5OS. The first kappa shape index (κ1) is 19.1. The second-order valence-electron chi connectivity index (χ2n) is 8.53. The normalized spacial score (nSPS) is 24.2. The molecule has 0 aromatic carbocycles. The highest BCUT2D eigenvalue weighted by Gasteiger charge is 2.42. The van der Waals surface area contributed by atoms with Crippen molar-refractivity contribution in [3.8, 4) is 0 Å². The van der Waals surface area contributed by atoms with E-state index in [9.17, 15) is 4.79 Å². The molecule has 2 N–H and O–H groups in total. The number of thiazole rings is 1. The van der Waals surface area contributed by atoms with E-state index in [4.69, 9.17) is 9.98 Å². The third-order valence-electron chi connectivity index (χ3n) is 5.18. The zero-order chi connectivity index (χ0) is 18.8. The highest BCUT2D eigenvalue weighted by molar-refractivity contribution is 7.09. The monoisotopic (exact) mass is 377 g/mol. The molecular weight excluding hydrogens is 346 g/mol. The van der Waals surface area contributed by atoms with Gasteiger partial charge in [-0.25, -0.2) is 9.98 Å². The number of aliphatic imine (C=N–C) groups is 1. The van der Waals surface area contributed by atoms with Crippen LogP contribution in [-0.2, 0) is 16.8 Å². The second kappa shape index (κ2) is 7.55. The predicted molar refractivity (Wildman–Crippen MR) is 106 cm³/mol. The van der Waals surface area contributed by atoms with Crippen LogP contribution < -0.4 is 10.6 Å². The van der Waals surface area contributed by atoms with Crippen molar-refractivity contribution in [1.82, 2.24) is 20.5 Å². The molecule has 3 heterocycles. The van der Waals surface area contributed by atoms with Gasteiger partial charge < -0.3 is 15.5 Å². The summed E-state index contributed by atoms with van der Waals surface area (Å²) in [4.78, 5) is 23.7. The Morgan fingerprint density at radius 3 is 2.92 bits per heavy atom. The van der Waals surface area contributed by atoms with Crippen molar-refractivity contribution in [3.05, 3.63) is 16.1 Å². The molecule has 1 aromatic heterocycles. The molecule has 1 aromatic rings. The Bertz CT molecular complexity index is 678. The highest BCUT2D eigenvalue weighted by atomic mass is 32.1. The minimum atomic E-state index is 0.0736. The number of carbonyl (C=O) groups is 1. The van der Waals surface area contributed by atoms with E-state index in [1.807, 2.05) is 0 Å². The van der Waals surface area contributed by atoms with E-state index in [0.717, 1.165) is 55.7 Å². The molecule has 2 aliphatic heterocycles. The molecule has 0 aliphatic carbocycles. The third kappa shape index (κ3) is 4.37. The fraction of sp³-hybridized carbons (Fsp3) is 0.737. The molecule has 0 bridgehead atoms. The number of likely N-dealkylation sites (tertiary alicyclic amines) is 1. The van der Waals surface area contributed by atoms with Gasteiger partial charge in [-0.05, 0) is 19.8 Å². The Balaban J connectivity index is 1.70. The summed E-state index contributed by atoms with van der Waals surface area (Å²) in [5.74, 6) is 1.13. The van der Waals surface area contributed by atoms with Gasteiger partial charge in [0.05, 0.1) is 12.2 Å². The largest absolute Gasteiger partial charge is 0.357 e. The quantitative estimate of drug-likeness (QED) is 0.627. The standard InChI is InChI=1S/C19H31N5OS/c1-5-20-17(21-10-16-23-14(11-26-16)18(2,3)4)24-8-6-7-19(13-24)9-15(25)22-12-19/h11H,5-10,12-13H2,1-4H3,(H,20,21)(H,22,25). The average Bonchev–Trinajstić information content (AvgIpc) is 3.19. The van der Waals surface area contributed by atoms with Gasteiger partial charge in [0, 0.05) is 48.8 Å². The average molecular weight is 378 g/mol. The van der Waals surface area contributed by atoms with Crippen LogP contribution in [0.3, 0.4) is 0 Å². The van der Waals surface area contributed by atoms with Crippen LogP contribution in [0.2, 0.25) is 0 Å². The first-order valence-corrected chi connectivity index (χ1v) is 10.4. The third-order valence-corrected chi connectivity index (χ3v) is 6.01. The van der Waals surface area contributed by atoms with E-state index >= 15 is 0 Å². The van der Waals surface area contributed by atoms with E-state index in [1.54, 1.807) is 11.3 Å². The molecule has 1 atom stereocenters. The molecule has 0 radical (unpaired) electrons.